The van der Waals surface area contributed by atoms with E-state index in [0.717, 1.165) is 51.4 Å². The predicted octanol–water partition coefficient (Wildman–Crippen LogP) is 19.0. The molecule has 0 aromatic heterocycles. The first-order valence-corrected chi connectivity index (χ1v) is 30.6. The number of ether oxygens (including phenoxy) is 1. The van der Waals surface area contributed by atoms with Crippen molar-refractivity contribution in [1.82, 2.24) is 5.32 Å². The van der Waals surface area contributed by atoms with Crippen molar-refractivity contribution in [3.8, 4) is 0 Å². The molecule has 0 spiro atoms. The smallest absolute Gasteiger partial charge is 0.305 e. The second kappa shape index (κ2) is 57.9. The van der Waals surface area contributed by atoms with Crippen molar-refractivity contribution in [3.63, 3.8) is 0 Å². The van der Waals surface area contributed by atoms with Gasteiger partial charge in [-0.3, -0.25) is 9.59 Å². The Morgan fingerprint density at radius 1 is 0.412 bits per heavy atom. The van der Waals surface area contributed by atoms with Gasteiger partial charge in [-0.05, 0) is 44.9 Å². The van der Waals surface area contributed by atoms with Crippen LogP contribution in [0.5, 0.6) is 0 Å². The van der Waals surface area contributed by atoms with E-state index < -0.39 is 12.1 Å². The van der Waals surface area contributed by atoms with Crippen LogP contribution in [0, 0.1) is 0 Å². The van der Waals surface area contributed by atoms with Gasteiger partial charge in [0.2, 0.25) is 5.91 Å². The van der Waals surface area contributed by atoms with Crippen molar-refractivity contribution >= 4 is 11.9 Å². The summed E-state index contributed by atoms with van der Waals surface area (Å²) in [7, 11) is 0. The third-order valence-corrected chi connectivity index (χ3v) is 14.3. The van der Waals surface area contributed by atoms with E-state index in [9.17, 15) is 19.8 Å². The molecule has 6 nitrogen and oxygen atoms in total. The average Bonchev–Trinajstić information content (AvgIpc) is 3.34. The molecule has 0 radical (unpaired) electrons. The Bertz CT molecular complexity index is 1060. The highest BCUT2D eigenvalue weighted by atomic mass is 16.5. The fraction of sp³-hybridized carbons (Fsp3) is 0.903. The van der Waals surface area contributed by atoms with Gasteiger partial charge in [0, 0.05) is 12.8 Å². The number of unbranched alkanes of at least 4 members (excludes halogenated alkanes) is 42. The topological polar surface area (TPSA) is 95.9 Å². The highest BCUT2D eigenvalue weighted by molar-refractivity contribution is 5.76. The van der Waals surface area contributed by atoms with E-state index >= 15 is 0 Å². The molecule has 0 aromatic carbocycles. The Labute approximate surface area is 424 Å². The molecule has 0 aliphatic rings. The number of allylic oxidation sites excluding steroid dienone is 3. The van der Waals surface area contributed by atoms with Gasteiger partial charge in [0.05, 0.1) is 25.4 Å². The quantitative estimate of drug-likeness (QED) is 0.0321. The first-order chi connectivity index (χ1) is 33.5. The third-order valence-electron chi connectivity index (χ3n) is 14.3. The molecule has 0 heterocycles. The van der Waals surface area contributed by atoms with E-state index in [4.69, 9.17) is 4.74 Å². The van der Waals surface area contributed by atoms with Gasteiger partial charge in [0.15, 0.2) is 0 Å². The van der Waals surface area contributed by atoms with Gasteiger partial charge in [-0.15, -0.1) is 0 Å². The maximum absolute atomic E-state index is 12.5. The molecule has 0 aromatic rings. The van der Waals surface area contributed by atoms with Gasteiger partial charge < -0.3 is 20.3 Å². The Balaban J connectivity index is 3.44. The number of nitrogens with one attached hydrogen (secondary N) is 1. The minimum absolute atomic E-state index is 0.0325. The molecule has 68 heavy (non-hydrogen) atoms. The maximum Gasteiger partial charge on any atom is 0.305 e. The standard InChI is InChI=1S/C62H119NO5/c1-3-5-7-9-11-13-15-17-19-27-30-34-38-42-46-50-54-60(65)59(58-64)63-61(66)55-51-47-43-39-35-31-28-25-23-21-20-22-24-26-29-33-37-41-45-49-53-57-68-62(67)56-52-48-44-40-36-32-18-16-14-12-10-8-6-4-2/h33,37,45,49,59-60,64-65H,3-32,34-36,38-44,46-48,50-58H2,1-2H3,(H,63,66)/b37-33-,49-45-. The number of amides is 1. The highest BCUT2D eigenvalue weighted by Gasteiger charge is 2.20. The molecule has 0 fully saturated rings. The normalized spacial score (nSPS) is 12.7. The lowest BCUT2D eigenvalue weighted by molar-refractivity contribution is -0.143. The number of carbonyl (C=O) groups is 2. The first-order valence-electron chi connectivity index (χ1n) is 30.6. The number of aliphatic hydroxyl groups is 2. The minimum atomic E-state index is -0.667. The largest absolute Gasteiger partial charge is 0.465 e. The van der Waals surface area contributed by atoms with Crippen LogP contribution in [0.4, 0.5) is 0 Å². The van der Waals surface area contributed by atoms with Crippen LogP contribution in [-0.4, -0.2) is 47.4 Å². The summed E-state index contributed by atoms with van der Waals surface area (Å²) in [5, 5.41) is 23.3. The lowest BCUT2D eigenvalue weighted by Crippen LogP contribution is -2.45. The fourth-order valence-electron chi connectivity index (χ4n) is 9.60. The van der Waals surface area contributed by atoms with Crippen LogP contribution in [0.15, 0.2) is 24.3 Å². The predicted molar refractivity (Wildman–Crippen MR) is 296 cm³/mol. The molecular weight excluding hydrogens is 839 g/mol. The molecule has 6 heteroatoms. The van der Waals surface area contributed by atoms with Crippen LogP contribution >= 0.6 is 0 Å². The van der Waals surface area contributed by atoms with Crippen LogP contribution in [0.25, 0.3) is 0 Å². The lowest BCUT2D eigenvalue weighted by atomic mass is 10.0. The number of hydrogen-bond donors (Lipinski definition) is 3. The molecule has 2 unspecified atom stereocenters. The first kappa shape index (κ1) is 66.3. The number of esters is 1. The van der Waals surface area contributed by atoms with Gasteiger partial charge in [-0.25, -0.2) is 0 Å². The Kier molecular flexibility index (Phi) is 56.5. The van der Waals surface area contributed by atoms with Crippen LogP contribution < -0.4 is 5.32 Å². The number of aliphatic hydroxyl groups excluding tert-OH is 2. The van der Waals surface area contributed by atoms with E-state index in [1.807, 2.05) is 0 Å². The van der Waals surface area contributed by atoms with Gasteiger partial charge in [-0.1, -0.05) is 301 Å². The summed E-state index contributed by atoms with van der Waals surface area (Å²) in [6, 6.07) is -0.545. The summed E-state index contributed by atoms with van der Waals surface area (Å²) >= 11 is 0. The Morgan fingerprint density at radius 3 is 1.12 bits per heavy atom. The zero-order chi connectivity index (χ0) is 49.3. The van der Waals surface area contributed by atoms with Crippen LogP contribution in [0.1, 0.15) is 335 Å². The van der Waals surface area contributed by atoms with Crippen molar-refractivity contribution in [2.24, 2.45) is 0 Å². The number of rotatable bonds is 57. The summed E-state index contributed by atoms with van der Waals surface area (Å²) in [5.41, 5.74) is 0. The molecule has 2 atom stereocenters. The van der Waals surface area contributed by atoms with E-state index in [2.05, 4.69) is 43.5 Å². The number of carbonyl (C=O) groups excluding carboxylic acids is 2. The van der Waals surface area contributed by atoms with E-state index in [1.165, 1.54) is 250 Å². The Morgan fingerprint density at radius 2 is 0.735 bits per heavy atom. The molecule has 0 aliphatic carbocycles. The second-order valence-corrected chi connectivity index (χ2v) is 21.0. The molecule has 0 saturated heterocycles. The van der Waals surface area contributed by atoms with Gasteiger partial charge in [0.1, 0.15) is 0 Å². The molecule has 402 valence electrons. The molecule has 0 bridgehead atoms. The average molecular weight is 959 g/mol. The lowest BCUT2D eigenvalue weighted by Gasteiger charge is -2.22. The van der Waals surface area contributed by atoms with Gasteiger partial charge in [0.25, 0.3) is 0 Å². The zero-order valence-corrected chi connectivity index (χ0v) is 45.9. The van der Waals surface area contributed by atoms with Crippen LogP contribution in [0.3, 0.4) is 0 Å². The summed E-state index contributed by atoms with van der Waals surface area (Å²) in [6.45, 7) is 4.87. The van der Waals surface area contributed by atoms with E-state index in [-0.39, 0.29) is 18.5 Å². The summed E-state index contributed by atoms with van der Waals surface area (Å²) in [4.78, 5) is 24.5. The fourth-order valence-corrected chi connectivity index (χ4v) is 9.60. The van der Waals surface area contributed by atoms with Crippen molar-refractivity contribution < 1.29 is 24.5 Å². The minimum Gasteiger partial charge on any atom is -0.465 e. The van der Waals surface area contributed by atoms with E-state index in [1.54, 1.807) is 0 Å². The van der Waals surface area contributed by atoms with Crippen molar-refractivity contribution in [2.45, 2.75) is 347 Å². The van der Waals surface area contributed by atoms with Crippen LogP contribution in [-0.2, 0) is 14.3 Å². The van der Waals surface area contributed by atoms with Crippen molar-refractivity contribution in [1.29, 1.82) is 0 Å². The van der Waals surface area contributed by atoms with E-state index in [0.29, 0.717) is 25.9 Å². The highest BCUT2D eigenvalue weighted by Crippen LogP contribution is 2.18. The monoisotopic (exact) mass is 958 g/mol. The third kappa shape index (κ3) is 53.7. The van der Waals surface area contributed by atoms with Gasteiger partial charge in [-0.2, -0.15) is 0 Å². The maximum atomic E-state index is 12.5. The molecule has 0 rings (SSSR count). The molecular formula is C62H119NO5. The molecule has 0 saturated carbocycles. The van der Waals surface area contributed by atoms with Crippen molar-refractivity contribution in [3.05, 3.63) is 24.3 Å². The van der Waals surface area contributed by atoms with Gasteiger partial charge >= 0.3 is 5.97 Å². The molecule has 1 amide bonds. The summed E-state index contributed by atoms with van der Waals surface area (Å²) < 4.78 is 5.42. The van der Waals surface area contributed by atoms with Crippen LogP contribution in [0.2, 0.25) is 0 Å². The second-order valence-electron chi connectivity index (χ2n) is 21.0. The molecule has 0 aliphatic heterocycles. The summed E-state index contributed by atoms with van der Waals surface area (Å²) in [5.74, 6) is -0.0700. The molecule has 3 N–H and O–H groups in total. The number of hydrogen-bond acceptors (Lipinski definition) is 5. The summed E-state index contributed by atoms with van der Waals surface area (Å²) in [6.07, 6.45) is 70.5. The SMILES string of the molecule is CCCCCCCCCCCCCCCCCCC(O)C(CO)NC(=O)CCCCCCCCCCCCCCCC/C=C\C/C=C\CCOC(=O)CCCCCCCCCCCCCCCC. The van der Waals surface area contributed by atoms with Crippen molar-refractivity contribution in [2.75, 3.05) is 13.2 Å². The Hall–Kier alpha value is -1.66. The zero-order valence-electron chi connectivity index (χ0n) is 45.9.